The maximum Gasteiger partial charge on any atom is 0.573 e. The number of amides is 1. The van der Waals surface area contributed by atoms with Gasteiger partial charge >= 0.3 is 6.36 Å². The minimum atomic E-state index is -4.74. The lowest BCUT2D eigenvalue weighted by atomic mass is 10.0. The summed E-state index contributed by atoms with van der Waals surface area (Å²) >= 11 is 1.34. The van der Waals surface area contributed by atoms with Crippen LogP contribution in [0.3, 0.4) is 0 Å². The number of anilines is 3. The molecule has 1 saturated heterocycles. The lowest BCUT2D eigenvalue weighted by Crippen LogP contribution is -2.30. The quantitative estimate of drug-likeness (QED) is 0.237. The molecular formula is C27H25F3N6O2S. The van der Waals surface area contributed by atoms with E-state index in [0.717, 1.165) is 11.3 Å². The Morgan fingerprint density at radius 1 is 1.10 bits per heavy atom. The molecule has 39 heavy (non-hydrogen) atoms. The van der Waals surface area contributed by atoms with Gasteiger partial charge in [0.25, 0.3) is 0 Å². The third-order valence-corrected chi connectivity index (χ3v) is 6.48. The van der Waals surface area contributed by atoms with Gasteiger partial charge in [-0.05, 0) is 47.9 Å². The van der Waals surface area contributed by atoms with E-state index in [1.165, 1.54) is 42.2 Å². The molecule has 4 rings (SSSR count). The van der Waals surface area contributed by atoms with Crippen molar-refractivity contribution in [1.82, 2.24) is 9.97 Å². The summed E-state index contributed by atoms with van der Waals surface area (Å²) in [5.74, 6) is 0.574. The number of hydrogen-bond acceptors (Lipinski definition) is 8. The van der Waals surface area contributed by atoms with Crippen LogP contribution in [-0.4, -0.2) is 46.4 Å². The highest BCUT2D eigenvalue weighted by Crippen LogP contribution is 2.33. The molecule has 0 saturated carbocycles. The van der Waals surface area contributed by atoms with E-state index in [1.54, 1.807) is 41.4 Å². The molecular weight excluding hydrogens is 529 g/mol. The van der Waals surface area contributed by atoms with Crippen molar-refractivity contribution in [3.8, 4) is 5.75 Å². The summed E-state index contributed by atoms with van der Waals surface area (Å²) in [7, 11) is 1.70. The number of thioether (sulfide) groups is 1. The highest BCUT2D eigenvalue weighted by atomic mass is 32.2. The number of benzene rings is 2. The van der Waals surface area contributed by atoms with Gasteiger partial charge in [0.15, 0.2) is 5.17 Å². The van der Waals surface area contributed by atoms with Crippen LogP contribution in [-0.2, 0) is 4.79 Å². The molecule has 1 aromatic heterocycles. The molecule has 202 valence electrons. The van der Waals surface area contributed by atoms with Crippen molar-refractivity contribution in [1.29, 1.82) is 0 Å². The summed E-state index contributed by atoms with van der Waals surface area (Å²) in [5.41, 5.74) is 3.18. The van der Waals surface area contributed by atoms with Crippen LogP contribution in [0.15, 0.2) is 77.2 Å². The number of para-hydroxylation sites is 1. The Morgan fingerprint density at radius 2 is 1.79 bits per heavy atom. The van der Waals surface area contributed by atoms with Crippen LogP contribution in [0.4, 0.5) is 30.5 Å². The molecule has 0 atom stereocenters. The summed E-state index contributed by atoms with van der Waals surface area (Å²) < 4.78 is 40.9. The van der Waals surface area contributed by atoms with Crippen molar-refractivity contribution < 1.29 is 22.7 Å². The average molecular weight is 555 g/mol. The van der Waals surface area contributed by atoms with E-state index in [4.69, 9.17) is 0 Å². The van der Waals surface area contributed by atoms with Crippen LogP contribution in [0.25, 0.3) is 6.08 Å². The Hall–Kier alpha value is -4.19. The summed E-state index contributed by atoms with van der Waals surface area (Å²) in [6.45, 7) is 4.16. The molecule has 8 nitrogen and oxygen atoms in total. The predicted octanol–water partition coefficient (Wildman–Crippen LogP) is 6.40. The fourth-order valence-electron chi connectivity index (χ4n) is 3.71. The Kier molecular flexibility index (Phi) is 8.65. The van der Waals surface area contributed by atoms with Crippen LogP contribution >= 0.6 is 11.8 Å². The van der Waals surface area contributed by atoms with Crippen LogP contribution in [0, 0.1) is 0 Å². The summed E-state index contributed by atoms with van der Waals surface area (Å²) in [5, 5.41) is 8.87. The Bertz CT molecular complexity index is 1390. The van der Waals surface area contributed by atoms with Crippen molar-refractivity contribution in [2.24, 2.45) is 10.2 Å². The SMILES string of the molecule is CC(C)c1ccccc1N1C(=O)CSC1=NN=CC=Cc1cnc(N(C)c2ccc(OC(F)(F)F)cc2)nc1. The van der Waals surface area contributed by atoms with Gasteiger partial charge in [0.2, 0.25) is 11.9 Å². The second kappa shape index (κ2) is 12.1. The van der Waals surface area contributed by atoms with Gasteiger partial charge in [-0.3, -0.25) is 9.69 Å². The van der Waals surface area contributed by atoms with E-state index in [1.807, 2.05) is 24.3 Å². The number of ether oxygens (including phenoxy) is 1. The smallest absolute Gasteiger partial charge is 0.406 e. The first-order valence-electron chi connectivity index (χ1n) is 11.9. The molecule has 0 unspecified atom stereocenters. The molecule has 0 aliphatic carbocycles. The zero-order valence-electron chi connectivity index (χ0n) is 21.3. The molecule has 1 aliphatic heterocycles. The second-order valence-electron chi connectivity index (χ2n) is 8.65. The number of carbonyl (C=O) groups is 1. The van der Waals surface area contributed by atoms with E-state index in [9.17, 15) is 18.0 Å². The number of nitrogens with zero attached hydrogens (tertiary/aromatic N) is 6. The van der Waals surface area contributed by atoms with E-state index in [-0.39, 0.29) is 17.6 Å². The molecule has 0 bridgehead atoms. The van der Waals surface area contributed by atoms with E-state index in [0.29, 0.717) is 28.1 Å². The average Bonchev–Trinajstić information content (AvgIpc) is 3.27. The van der Waals surface area contributed by atoms with E-state index in [2.05, 4.69) is 38.8 Å². The maximum atomic E-state index is 12.6. The zero-order valence-corrected chi connectivity index (χ0v) is 22.1. The standard InChI is InChI=1S/C27H25F3N6O2S/c1-18(2)22-8-4-5-9-23(22)36-24(37)17-39-26(36)34-33-14-6-7-19-15-31-25(32-16-19)35(3)20-10-12-21(13-11-20)38-27(28,29)30/h4-16,18H,17H2,1-3H3. The van der Waals surface area contributed by atoms with Gasteiger partial charge < -0.3 is 9.64 Å². The molecule has 1 aliphatic rings. The monoisotopic (exact) mass is 554 g/mol. The van der Waals surface area contributed by atoms with E-state index < -0.39 is 6.36 Å². The molecule has 3 aromatic rings. The van der Waals surface area contributed by atoms with Crippen molar-refractivity contribution >= 4 is 52.5 Å². The minimum absolute atomic E-state index is 0.0367. The van der Waals surface area contributed by atoms with Crippen molar-refractivity contribution in [3.05, 3.63) is 78.1 Å². The largest absolute Gasteiger partial charge is 0.573 e. The lowest BCUT2D eigenvalue weighted by molar-refractivity contribution is -0.274. The lowest BCUT2D eigenvalue weighted by Gasteiger charge is -2.20. The van der Waals surface area contributed by atoms with Crippen LogP contribution in [0.2, 0.25) is 0 Å². The number of aromatic nitrogens is 2. The maximum absolute atomic E-state index is 12.6. The number of carbonyl (C=O) groups excluding carboxylic acids is 1. The fraction of sp³-hybridized carbons (Fsp3) is 0.222. The van der Waals surface area contributed by atoms with Crippen LogP contribution in [0.5, 0.6) is 5.75 Å². The normalized spacial score (nSPS) is 15.3. The van der Waals surface area contributed by atoms with Crippen LogP contribution in [0.1, 0.15) is 30.9 Å². The zero-order chi connectivity index (χ0) is 28.0. The molecule has 2 heterocycles. The van der Waals surface area contributed by atoms with Gasteiger partial charge in [0, 0.05) is 36.9 Å². The van der Waals surface area contributed by atoms with Crippen LogP contribution < -0.4 is 14.5 Å². The Balaban J connectivity index is 1.38. The van der Waals surface area contributed by atoms with Gasteiger partial charge in [0.05, 0.1) is 11.4 Å². The van der Waals surface area contributed by atoms with Gasteiger partial charge in [0.1, 0.15) is 5.75 Å². The predicted molar refractivity (Wildman–Crippen MR) is 149 cm³/mol. The number of allylic oxidation sites excluding steroid dienone is 1. The van der Waals surface area contributed by atoms with Crippen molar-refractivity contribution in [2.75, 3.05) is 22.6 Å². The number of amidine groups is 1. The van der Waals surface area contributed by atoms with Crippen molar-refractivity contribution in [2.45, 2.75) is 26.1 Å². The molecule has 2 aromatic carbocycles. The number of alkyl halides is 3. The number of hydrogen-bond donors (Lipinski definition) is 0. The van der Waals surface area contributed by atoms with Gasteiger partial charge in [-0.2, -0.15) is 5.10 Å². The van der Waals surface area contributed by atoms with Gasteiger partial charge in [-0.25, -0.2) is 9.97 Å². The Labute approximate surface area is 227 Å². The fourth-order valence-corrected chi connectivity index (χ4v) is 4.52. The summed E-state index contributed by atoms with van der Waals surface area (Å²) in [6.07, 6.45) is 3.40. The highest BCUT2D eigenvalue weighted by molar-refractivity contribution is 8.15. The second-order valence-corrected chi connectivity index (χ2v) is 9.60. The molecule has 0 radical (unpaired) electrons. The van der Waals surface area contributed by atoms with Gasteiger partial charge in [-0.1, -0.05) is 49.9 Å². The highest BCUT2D eigenvalue weighted by Gasteiger charge is 2.32. The number of rotatable bonds is 8. The first-order chi connectivity index (χ1) is 18.6. The van der Waals surface area contributed by atoms with E-state index >= 15 is 0 Å². The molecule has 0 spiro atoms. The Morgan fingerprint density at radius 3 is 2.46 bits per heavy atom. The molecule has 1 fully saturated rings. The topological polar surface area (TPSA) is 83.3 Å². The first kappa shape index (κ1) is 27.8. The van der Waals surface area contributed by atoms with Gasteiger partial charge in [-0.15, -0.1) is 18.3 Å². The molecule has 12 heteroatoms. The first-order valence-corrected chi connectivity index (χ1v) is 12.8. The number of halogens is 3. The van der Waals surface area contributed by atoms with Crippen molar-refractivity contribution in [3.63, 3.8) is 0 Å². The summed E-state index contributed by atoms with van der Waals surface area (Å²) in [6, 6.07) is 13.2. The molecule has 1 amide bonds. The third-order valence-electron chi connectivity index (χ3n) is 5.57. The third kappa shape index (κ3) is 7.23. The molecule has 0 N–H and O–H groups in total. The summed E-state index contributed by atoms with van der Waals surface area (Å²) in [4.78, 5) is 24.4. The minimum Gasteiger partial charge on any atom is -0.406 e.